The number of rotatable bonds is 5. The van der Waals surface area contributed by atoms with Gasteiger partial charge in [-0.15, -0.1) is 0 Å². The van der Waals surface area contributed by atoms with E-state index in [1.807, 2.05) is 13.0 Å². The Bertz CT molecular complexity index is 432. The highest BCUT2D eigenvalue weighted by Crippen LogP contribution is 2.03. The molecular formula is C13H18N2O3. The number of carbonyl (C=O) groups is 2. The van der Waals surface area contributed by atoms with E-state index in [9.17, 15) is 9.59 Å². The number of amides is 2. The fourth-order valence-electron chi connectivity index (χ4n) is 1.42. The number of aryl methyl sites for hydroxylation is 1. The van der Waals surface area contributed by atoms with Crippen molar-refractivity contribution in [3.63, 3.8) is 0 Å². The molecule has 0 heterocycles. The van der Waals surface area contributed by atoms with Gasteiger partial charge in [0.15, 0.2) is 0 Å². The predicted molar refractivity (Wildman–Crippen MR) is 68.2 cm³/mol. The molecule has 0 fully saturated rings. The van der Waals surface area contributed by atoms with E-state index in [4.69, 9.17) is 5.11 Å². The summed E-state index contributed by atoms with van der Waals surface area (Å²) in [5.74, 6) is -0.608. The van der Waals surface area contributed by atoms with Crippen molar-refractivity contribution in [2.45, 2.75) is 19.9 Å². The molecule has 0 saturated heterocycles. The Morgan fingerprint density at radius 3 is 2.72 bits per heavy atom. The van der Waals surface area contributed by atoms with Crippen LogP contribution in [0.3, 0.4) is 0 Å². The Morgan fingerprint density at radius 2 is 2.11 bits per heavy atom. The van der Waals surface area contributed by atoms with Crippen molar-refractivity contribution in [1.82, 2.24) is 10.6 Å². The van der Waals surface area contributed by atoms with Crippen LogP contribution in [0.2, 0.25) is 0 Å². The Kier molecular flexibility index (Phi) is 5.32. The van der Waals surface area contributed by atoms with Crippen LogP contribution in [-0.4, -0.2) is 36.1 Å². The third kappa shape index (κ3) is 4.55. The van der Waals surface area contributed by atoms with Gasteiger partial charge in [0.25, 0.3) is 5.91 Å². The maximum absolute atomic E-state index is 11.7. The maximum atomic E-state index is 11.7. The molecule has 0 spiro atoms. The molecule has 1 aromatic rings. The van der Waals surface area contributed by atoms with Crippen LogP contribution in [0, 0.1) is 6.92 Å². The minimum Gasteiger partial charge on any atom is -0.394 e. The molecule has 3 N–H and O–H groups in total. The van der Waals surface area contributed by atoms with E-state index in [1.165, 1.54) is 0 Å². The van der Waals surface area contributed by atoms with E-state index in [0.29, 0.717) is 5.56 Å². The first kappa shape index (κ1) is 14.2. The van der Waals surface area contributed by atoms with E-state index in [0.717, 1.165) is 5.56 Å². The van der Waals surface area contributed by atoms with Crippen LogP contribution in [0.1, 0.15) is 22.8 Å². The molecule has 2 amide bonds. The fourth-order valence-corrected chi connectivity index (χ4v) is 1.42. The number of hydrogen-bond acceptors (Lipinski definition) is 3. The molecule has 5 nitrogen and oxygen atoms in total. The monoisotopic (exact) mass is 250 g/mol. The average molecular weight is 250 g/mol. The minimum absolute atomic E-state index is 0.100. The molecule has 0 aliphatic carbocycles. The van der Waals surface area contributed by atoms with Crippen molar-refractivity contribution < 1.29 is 14.7 Å². The second-order valence-corrected chi connectivity index (χ2v) is 4.20. The Labute approximate surface area is 106 Å². The molecule has 5 heteroatoms. The Morgan fingerprint density at radius 1 is 1.39 bits per heavy atom. The summed E-state index contributed by atoms with van der Waals surface area (Å²) in [6.45, 7) is 3.35. The molecule has 0 aliphatic rings. The molecule has 1 atom stereocenters. The van der Waals surface area contributed by atoms with Crippen molar-refractivity contribution in [1.29, 1.82) is 0 Å². The van der Waals surface area contributed by atoms with Gasteiger partial charge < -0.3 is 15.7 Å². The van der Waals surface area contributed by atoms with Gasteiger partial charge in [-0.1, -0.05) is 17.7 Å². The summed E-state index contributed by atoms with van der Waals surface area (Å²) in [7, 11) is 0. The summed E-state index contributed by atoms with van der Waals surface area (Å²) < 4.78 is 0. The zero-order valence-electron chi connectivity index (χ0n) is 10.6. The third-order valence-corrected chi connectivity index (χ3v) is 2.37. The SMILES string of the molecule is Cc1cccc(C(=O)NCC(=O)NC(C)CO)c1. The predicted octanol–water partition coefficient (Wildman–Crippen LogP) is 0.222. The smallest absolute Gasteiger partial charge is 0.251 e. The topological polar surface area (TPSA) is 78.4 Å². The van der Waals surface area contributed by atoms with Gasteiger partial charge in [-0.2, -0.15) is 0 Å². The van der Waals surface area contributed by atoms with E-state index in [-0.39, 0.29) is 31.0 Å². The van der Waals surface area contributed by atoms with Gasteiger partial charge >= 0.3 is 0 Å². The molecule has 0 bridgehead atoms. The number of benzene rings is 1. The van der Waals surface area contributed by atoms with Crippen LogP contribution in [0.25, 0.3) is 0 Å². The van der Waals surface area contributed by atoms with E-state index in [2.05, 4.69) is 10.6 Å². The van der Waals surface area contributed by atoms with Crippen molar-refractivity contribution >= 4 is 11.8 Å². The van der Waals surface area contributed by atoms with Crippen LogP contribution in [0.5, 0.6) is 0 Å². The molecular weight excluding hydrogens is 232 g/mol. The van der Waals surface area contributed by atoms with E-state index < -0.39 is 0 Å². The molecule has 18 heavy (non-hydrogen) atoms. The van der Waals surface area contributed by atoms with Crippen LogP contribution in [0.4, 0.5) is 0 Å². The van der Waals surface area contributed by atoms with Crippen molar-refractivity contribution in [2.75, 3.05) is 13.2 Å². The van der Waals surface area contributed by atoms with Gasteiger partial charge in [0.2, 0.25) is 5.91 Å². The summed E-state index contributed by atoms with van der Waals surface area (Å²) >= 11 is 0. The van der Waals surface area contributed by atoms with Crippen LogP contribution < -0.4 is 10.6 Å². The summed E-state index contributed by atoms with van der Waals surface area (Å²) in [5.41, 5.74) is 1.51. The number of carbonyl (C=O) groups excluding carboxylic acids is 2. The molecule has 1 aromatic carbocycles. The quantitative estimate of drug-likeness (QED) is 0.699. The lowest BCUT2D eigenvalue weighted by molar-refractivity contribution is -0.121. The lowest BCUT2D eigenvalue weighted by Gasteiger charge is -2.11. The highest BCUT2D eigenvalue weighted by Gasteiger charge is 2.09. The second-order valence-electron chi connectivity index (χ2n) is 4.20. The molecule has 0 aromatic heterocycles. The lowest BCUT2D eigenvalue weighted by Crippen LogP contribution is -2.42. The summed E-state index contributed by atoms with van der Waals surface area (Å²) in [5, 5.41) is 13.8. The first-order chi connectivity index (χ1) is 8.52. The Balaban J connectivity index is 2.44. The van der Waals surface area contributed by atoms with Crippen LogP contribution in [0.15, 0.2) is 24.3 Å². The van der Waals surface area contributed by atoms with Crippen molar-refractivity contribution in [3.8, 4) is 0 Å². The summed E-state index contributed by atoms with van der Waals surface area (Å²) in [6, 6.07) is 6.82. The molecule has 0 radical (unpaired) electrons. The molecule has 1 rings (SSSR count). The largest absolute Gasteiger partial charge is 0.394 e. The number of hydrogen-bond donors (Lipinski definition) is 3. The molecule has 0 aliphatic heterocycles. The molecule has 1 unspecified atom stereocenters. The highest BCUT2D eigenvalue weighted by molar-refractivity contribution is 5.96. The Hall–Kier alpha value is -1.88. The van der Waals surface area contributed by atoms with Gasteiger partial charge in [0.1, 0.15) is 0 Å². The highest BCUT2D eigenvalue weighted by atomic mass is 16.3. The lowest BCUT2D eigenvalue weighted by atomic mass is 10.1. The van der Waals surface area contributed by atoms with E-state index >= 15 is 0 Å². The molecule has 98 valence electrons. The van der Waals surface area contributed by atoms with Gasteiger partial charge in [-0.3, -0.25) is 9.59 Å². The number of nitrogens with one attached hydrogen (secondary N) is 2. The van der Waals surface area contributed by atoms with Crippen molar-refractivity contribution in [2.24, 2.45) is 0 Å². The average Bonchev–Trinajstić information content (AvgIpc) is 2.35. The minimum atomic E-state index is -0.322. The van der Waals surface area contributed by atoms with Gasteiger partial charge in [-0.05, 0) is 26.0 Å². The normalized spacial score (nSPS) is 11.7. The zero-order chi connectivity index (χ0) is 13.5. The van der Waals surface area contributed by atoms with Crippen LogP contribution >= 0.6 is 0 Å². The van der Waals surface area contributed by atoms with Gasteiger partial charge in [0, 0.05) is 11.6 Å². The second kappa shape index (κ2) is 6.76. The third-order valence-electron chi connectivity index (χ3n) is 2.37. The van der Waals surface area contributed by atoms with E-state index in [1.54, 1.807) is 25.1 Å². The van der Waals surface area contributed by atoms with Gasteiger partial charge in [-0.25, -0.2) is 0 Å². The number of aliphatic hydroxyl groups is 1. The summed E-state index contributed by atoms with van der Waals surface area (Å²) in [6.07, 6.45) is 0. The zero-order valence-corrected chi connectivity index (χ0v) is 10.6. The van der Waals surface area contributed by atoms with Crippen LogP contribution in [-0.2, 0) is 4.79 Å². The van der Waals surface area contributed by atoms with Crippen molar-refractivity contribution in [3.05, 3.63) is 35.4 Å². The van der Waals surface area contributed by atoms with Gasteiger partial charge in [0.05, 0.1) is 13.2 Å². The standard InChI is InChI=1S/C13H18N2O3/c1-9-4-3-5-11(6-9)13(18)14-7-12(17)15-10(2)8-16/h3-6,10,16H,7-8H2,1-2H3,(H,14,18)(H,15,17). The molecule has 0 saturated carbocycles. The number of aliphatic hydroxyl groups excluding tert-OH is 1. The fraction of sp³-hybridized carbons (Fsp3) is 0.385. The maximum Gasteiger partial charge on any atom is 0.251 e. The first-order valence-electron chi connectivity index (χ1n) is 5.78. The first-order valence-corrected chi connectivity index (χ1v) is 5.78. The summed E-state index contributed by atoms with van der Waals surface area (Å²) in [4.78, 5) is 23.1.